The number of nitriles is 1. The van der Waals surface area contributed by atoms with Gasteiger partial charge in [0.15, 0.2) is 0 Å². The van der Waals surface area contributed by atoms with E-state index in [4.69, 9.17) is 31.6 Å². The number of nitrogens with zero attached hydrogens (tertiary/aromatic N) is 7. The number of carbonyl (C=O) groups is 2. The van der Waals surface area contributed by atoms with Gasteiger partial charge in [-0.05, 0) is 70.1 Å². The first-order valence-electron chi connectivity index (χ1n) is 17.8. The highest BCUT2D eigenvalue weighted by Gasteiger charge is 2.33. The molecule has 51 heavy (non-hydrogen) atoms. The standard InChI is InChI=1S/C34H43ClN6O4.C2H3N.C2H6.H2S/c1-23(42)38-17-19-40(20-18-38)31-26-12-15-41(29-11-5-8-24-7-4-10-27(35)30(24)29)21-28(26)36-33(37-31)45-22-25-9-6-14-39(25)16-13-34(2,3)32(43)44;1-2-3;1-2;/h4-5,7-8,10-11,25H,6,9,12-22H2,1-3H3,(H,43,44);1H3;1-2H3;1H2. The summed E-state index contributed by atoms with van der Waals surface area (Å²) >= 11 is 6.71. The van der Waals surface area contributed by atoms with Gasteiger partial charge in [-0.1, -0.05) is 49.7 Å². The Balaban J connectivity index is 0.00000111. The average molecular weight is 740 g/mol. The second-order valence-corrected chi connectivity index (χ2v) is 13.7. The van der Waals surface area contributed by atoms with Crippen LogP contribution in [0.1, 0.15) is 72.1 Å². The molecule has 1 aromatic heterocycles. The molecule has 3 aliphatic heterocycles. The predicted octanol–water partition coefficient (Wildman–Crippen LogP) is 6.53. The second kappa shape index (κ2) is 19.2. The second-order valence-electron chi connectivity index (χ2n) is 13.3. The maximum atomic E-state index is 12.0. The summed E-state index contributed by atoms with van der Waals surface area (Å²) in [4.78, 5) is 42.5. The topological polar surface area (TPSA) is 126 Å². The third-order valence-corrected chi connectivity index (χ3v) is 10.0. The van der Waals surface area contributed by atoms with Crippen molar-refractivity contribution in [2.75, 3.05) is 62.2 Å². The molecule has 0 aliphatic carbocycles. The number of ether oxygens (including phenoxy) is 1. The molecule has 4 heterocycles. The number of piperazine rings is 1. The number of aromatic nitrogens is 2. The first-order chi connectivity index (χ1) is 24.0. The molecular formula is C38H54ClN7O4S. The first kappa shape index (κ1) is 41.6. The van der Waals surface area contributed by atoms with E-state index in [1.54, 1.807) is 26.8 Å². The van der Waals surface area contributed by atoms with E-state index in [1.807, 2.05) is 30.9 Å². The number of hydrogen-bond donors (Lipinski definition) is 1. The van der Waals surface area contributed by atoms with Gasteiger partial charge in [0.25, 0.3) is 0 Å². The third kappa shape index (κ3) is 10.2. The molecule has 2 fully saturated rings. The summed E-state index contributed by atoms with van der Waals surface area (Å²) in [6.07, 6.45) is 3.42. The zero-order valence-electron chi connectivity index (χ0n) is 30.9. The van der Waals surface area contributed by atoms with Crippen molar-refractivity contribution in [2.45, 2.75) is 79.8 Å². The number of halogens is 1. The van der Waals surface area contributed by atoms with Gasteiger partial charge >= 0.3 is 12.0 Å². The van der Waals surface area contributed by atoms with Gasteiger partial charge in [0.05, 0.1) is 28.7 Å². The maximum Gasteiger partial charge on any atom is 0.318 e. The van der Waals surface area contributed by atoms with E-state index in [1.165, 1.54) is 6.92 Å². The molecule has 278 valence electrons. The van der Waals surface area contributed by atoms with E-state index in [-0.39, 0.29) is 25.4 Å². The number of fused-ring (bicyclic) bond motifs is 2. The van der Waals surface area contributed by atoms with E-state index in [0.717, 1.165) is 70.9 Å². The number of carbonyl (C=O) groups excluding carboxylic acids is 1. The van der Waals surface area contributed by atoms with E-state index in [0.29, 0.717) is 58.3 Å². The number of anilines is 2. The molecule has 6 rings (SSSR count). The van der Waals surface area contributed by atoms with Crippen LogP contribution in [-0.2, 0) is 22.6 Å². The number of amides is 1. The number of hydrogen-bond acceptors (Lipinski definition) is 9. The Kier molecular flexibility index (Phi) is 15.6. The minimum atomic E-state index is -0.770. The minimum Gasteiger partial charge on any atom is -0.481 e. The summed E-state index contributed by atoms with van der Waals surface area (Å²) in [6.45, 7) is 16.9. The Hall–Kier alpha value is -3.79. The van der Waals surface area contributed by atoms with Gasteiger partial charge < -0.3 is 24.5 Å². The summed E-state index contributed by atoms with van der Waals surface area (Å²) in [6, 6.07) is 14.6. The van der Waals surface area contributed by atoms with Crippen molar-refractivity contribution in [1.29, 1.82) is 5.26 Å². The minimum absolute atomic E-state index is 0. The molecular weight excluding hydrogens is 686 g/mol. The van der Waals surface area contributed by atoms with E-state index in [2.05, 4.69) is 39.0 Å². The van der Waals surface area contributed by atoms with Gasteiger partial charge in [-0.2, -0.15) is 28.7 Å². The highest BCUT2D eigenvalue weighted by molar-refractivity contribution is 7.59. The quantitative estimate of drug-likeness (QED) is 0.259. The zero-order chi connectivity index (χ0) is 36.4. The summed E-state index contributed by atoms with van der Waals surface area (Å²) in [5.74, 6) is 0.231. The normalized spacial score (nSPS) is 17.2. The molecule has 0 saturated carbocycles. The van der Waals surface area contributed by atoms with Crippen molar-refractivity contribution < 1.29 is 19.4 Å². The van der Waals surface area contributed by atoms with Crippen LogP contribution in [-0.4, -0.2) is 95.2 Å². The van der Waals surface area contributed by atoms with E-state index in [9.17, 15) is 14.7 Å². The fourth-order valence-electron chi connectivity index (χ4n) is 6.77. The Morgan fingerprint density at radius 3 is 2.35 bits per heavy atom. The van der Waals surface area contributed by atoms with Gasteiger partial charge in [0, 0.05) is 69.3 Å². The van der Waals surface area contributed by atoms with Gasteiger partial charge in [-0.25, -0.2) is 0 Å². The number of likely N-dealkylation sites (tertiary alicyclic amines) is 1. The largest absolute Gasteiger partial charge is 0.481 e. The van der Waals surface area contributed by atoms with Crippen molar-refractivity contribution in [3.63, 3.8) is 0 Å². The predicted molar refractivity (Wildman–Crippen MR) is 209 cm³/mol. The molecule has 1 atom stereocenters. The van der Waals surface area contributed by atoms with Gasteiger partial charge in [0.1, 0.15) is 12.4 Å². The molecule has 0 bridgehead atoms. The summed E-state index contributed by atoms with van der Waals surface area (Å²) in [5.41, 5.74) is 2.41. The summed E-state index contributed by atoms with van der Waals surface area (Å²) in [7, 11) is 0. The fraction of sp³-hybridized carbons (Fsp3) is 0.553. The Morgan fingerprint density at radius 2 is 1.71 bits per heavy atom. The lowest BCUT2D eigenvalue weighted by Crippen LogP contribution is -2.49. The van der Waals surface area contributed by atoms with Crippen LogP contribution in [0.5, 0.6) is 6.01 Å². The average Bonchev–Trinajstić information content (AvgIpc) is 3.58. The molecule has 11 nitrogen and oxygen atoms in total. The molecule has 0 spiro atoms. The molecule has 1 amide bonds. The monoisotopic (exact) mass is 739 g/mol. The van der Waals surface area contributed by atoms with Gasteiger partial charge in [0.2, 0.25) is 5.91 Å². The lowest BCUT2D eigenvalue weighted by Gasteiger charge is -2.38. The van der Waals surface area contributed by atoms with Crippen LogP contribution in [0.3, 0.4) is 0 Å². The Bertz CT molecular complexity index is 1670. The molecule has 1 N–H and O–H groups in total. The van der Waals surface area contributed by atoms with Crippen LogP contribution in [0, 0.1) is 16.7 Å². The van der Waals surface area contributed by atoms with Crippen molar-refractivity contribution in [1.82, 2.24) is 19.8 Å². The summed E-state index contributed by atoms with van der Waals surface area (Å²) < 4.78 is 6.38. The zero-order valence-corrected chi connectivity index (χ0v) is 32.7. The highest BCUT2D eigenvalue weighted by atomic mass is 35.5. The molecule has 1 unspecified atom stereocenters. The number of benzene rings is 2. The lowest BCUT2D eigenvalue weighted by molar-refractivity contribution is -0.147. The lowest BCUT2D eigenvalue weighted by atomic mass is 9.89. The van der Waals surface area contributed by atoms with Crippen LogP contribution in [0.2, 0.25) is 5.02 Å². The number of carboxylic acid groups (broad SMARTS) is 1. The number of rotatable bonds is 9. The van der Waals surface area contributed by atoms with Crippen LogP contribution in [0.25, 0.3) is 10.8 Å². The Morgan fingerprint density at radius 1 is 1.04 bits per heavy atom. The van der Waals surface area contributed by atoms with Crippen LogP contribution < -0.4 is 14.5 Å². The molecule has 13 heteroatoms. The number of aliphatic carboxylic acids is 1. The third-order valence-electron chi connectivity index (χ3n) is 9.73. The van der Waals surface area contributed by atoms with Crippen molar-refractivity contribution in [3.8, 4) is 12.1 Å². The SMILES string of the molecule is CC.CC#N.CC(=O)N1CCN(c2nc(OCC3CCCN3CCC(C)(C)C(=O)O)nc3c2CCN(c2cccc4cccc(Cl)c24)C3)CC1.S. The van der Waals surface area contributed by atoms with Crippen LogP contribution in [0.15, 0.2) is 36.4 Å². The molecule has 2 saturated heterocycles. The van der Waals surface area contributed by atoms with E-state index < -0.39 is 11.4 Å². The van der Waals surface area contributed by atoms with Crippen LogP contribution in [0.4, 0.5) is 11.5 Å². The molecule has 2 aromatic carbocycles. The first-order valence-corrected chi connectivity index (χ1v) is 18.1. The smallest absolute Gasteiger partial charge is 0.318 e. The van der Waals surface area contributed by atoms with Crippen molar-refractivity contribution in [3.05, 3.63) is 52.7 Å². The van der Waals surface area contributed by atoms with Gasteiger partial charge in [-0.3, -0.25) is 14.5 Å². The Labute approximate surface area is 315 Å². The highest BCUT2D eigenvalue weighted by Crippen LogP contribution is 2.37. The molecule has 0 radical (unpaired) electrons. The van der Waals surface area contributed by atoms with E-state index >= 15 is 0 Å². The summed E-state index contributed by atoms with van der Waals surface area (Å²) in [5, 5.41) is 19.8. The van der Waals surface area contributed by atoms with Crippen molar-refractivity contribution >= 4 is 59.3 Å². The van der Waals surface area contributed by atoms with Gasteiger partial charge in [-0.15, -0.1) is 0 Å². The molecule has 3 aromatic rings. The number of carboxylic acids is 1. The van der Waals surface area contributed by atoms with Crippen molar-refractivity contribution in [2.24, 2.45) is 5.41 Å². The van der Waals surface area contributed by atoms with Crippen LogP contribution >= 0.6 is 25.1 Å². The fourth-order valence-corrected chi connectivity index (χ4v) is 7.05. The molecule has 3 aliphatic rings. The maximum absolute atomic E-state index is 12.0.